The zero-order valence-corrected chi connectivity index (χ0v) is 16.0. The third-order valence-corrected chi connectivity index (χ3v) is 4.21. The second-order valence-corrected chi connectivity index (χ2v) is 6.39. The Morgan fingerprint density at radius 3 is 2.31 bits per heavy atom. The third kappa shape index (κ3) is 4.63. The van der Waals surface area contributed by atoms with Crippen molar-refractivity contribution >= 4 is 17.5 Å². The lowest BCUT2D eigenvalue weighted by Gasteiger charge is -2.19. The summed E-state index contributed by atoms with van der Waals surface area (Å²) in [6.07, 6.45) is 0. The molecule has 0 bridgehead atoms. The molecule has 0 aromatic heterocycles. The first kappa shape index (κ1) is 19.5. The average Bonchev–Trinajstić information content (AvgIpc) is 2.59. The summed E-state index contributed by atoms with van der Waals surface area (Å²) in [4.78, 5) is 24.7. The van der Waals surface area contributed by atoms with Crippen LogP contribution in [0.4, 0.5) is 5.69 Å². The summed E-state index contributed by atoms with van der Waals surface area (Å²) >= 11 is 0. The molecule has 2 amide bonds. The van der Waals surface area contributed by atoms with Gasteiger partial charge in [0, 0.05) is 11.3 Å². The van der Waals surface area contributed by atoms with E-state index in [-0.39, 0.29) is 6.04 Å². The van der Waals surface area contributed by atoms with E-state index in [1.54, 1.807) is 0 Å². The van der Waals surface area contributed by atoms with E-state index in [2.05, 4.69) is 10.6 Å². The Kier molecular flexibility index (Phi) is 6.39. The number of rotatable bonds is 5. The molecule has 2 aromatic rings. The minimum atomic E-state index is -0.681. The van der Waals surface area contributed by atoms with Crippen LogP contribution in [0.5, 0.6) is 5.75 Å². The molecule has 0 radical (unpaired) electrons. The summed E-state index contributed by atoms with van der Waals surface area (Å²) in [6, 6.07) is 11.1. The van der Waals surface area contributed by atoms with Gasteiger partial charge in [-0.15, -0.1) is 0 Å². The molecular formula is C21H26N2O3. The van der Waals surface area contributed by atoms with Crippen LogP contribution in [0.25, 0.3) is 0 Å². The van der Waals surface area contributed by atoms with Gasteiger partial charge in [-0.2, -0.15) is 0 Å². The van der Waals surface area contributed by atoms with Crippen LogP contribution >= 0.6 is 0 Å². The zero-order chi connectivity index (χ0) is 19.3. The molecule has 5 heteroatoms. The molecule has 0 aliphatic rings. The average molecular weight is 354 g/mol. The first-order valence-corrected chi connectivity index (χ1v) is 8.74. The normalized spacial score (nSPS) is 11.6. The third-order valence-electron chi connectivity index (χ3n) is 4.21. The number of aryl methyl sites for hydroxylation is 3. The predicted octanol–water partition coefficient (Wildman–Crippen LogP) is 3.83. The van der Waals surface area contributed by atoms with E-state index in [0.29, 0.717) is 18.0 Å². The topological polar surface area (TPSA) is 67.4 Å². The summed E-state index contributed by atoms with van der Waals surface area (Å²) in [5.41, 5.74) is 4.41. The number of amides is 2. The maximum Gasteiger partial charge on any atom is 0.313 e. The highest BCUT2D eigenvalue weighted by Gasteiger charge is 2.20. The van der Waals surface area contributed by atoms with Crippen molar-refractivity contribution in [2.24, 2.45) is 0 Å². The van der Waals surface area contributed by atoms with Crippen molar-refractivity contribution in [2.45, 2.75) is 40.7 Å². The lowest BCUT2D eigenvalue weighted by atomic mass is 10.0. The van der Waals surface area contributed by atoms with Crippen molar-refractivity contribution < 1.29 is 14.3 Å². The number of carbonyl (C=O) groups is 2. The molecule has 2 N–H and O–H groups in total. The fourth-order valence-corrected chi connectivity index (χ4v) is 2.82. The van der Waals surface area contributed by atoms with Gasteiger partial charge in [-0.1, -0.05) is 35.9 Å². The van der Waals surface area contributed by atoms with Crippen LogP contribution in [0.2, 0.25) is 0 Å². The Hall–Kier alpha value is -2.82. The Morgan fingerprint density at radius 2 is 1.69 bits per heavy atom. The van der Waals surface area contributed by atoms with Gasteiger partial charge in [-0.3, -0.25) is 9.59 Å². The molecule has 2 aromatic carbocycles. The number of para-hydroxylation sites is 1. The molecular weight excluding hydrogens is 328 g/mol. The Balaban J connectivity index is 2.12. The van der Waals surface area contributed by atoms with Gasteiger partial charge in [0.15, 0.2) is 0 Å². The highest BCUT2D eigenvalue weighted by Crippen LogP contribution is 2.26. The summed E-state index contributed by atoms with van der Waals surface area (Å²) in [5.74, 6) is -0.648. The summed E-state index contributed by atoms with van der Waals surface area (Å²) in [7, 11) is 0. The molecule has 2 rings (SSSR count). The summed E-state index contributed by atoms with van der Waals surface area (Å²) < 4.78 is 5.63. The number of hydrogen-bond acceptors (Lipinski definition) is 3. The first-order valence-electron chi connectivity index (χ1n) is 8.74. The molecule has 0 saturated heterocycles. The van der Waals surface area contributed by atoms with Crippen molar-refractivity contribution in [3.63, 3.8) is 0 Å². The van der Waals surface area contributed by atoms with Gasteiger partial charge in [0.05, 0.1) is 12.6 Å². The maximum atomic E-state index is 12.3. The van der Waals surface area contributed by atoms with Gasteiger partial charge >= 0.3 is 11.8 Å². The van der Waals surface area contributed by atoms with Crippen molar-refractivity contribution in [2.75, 3.05) is 11.9 Å². The molecule has 1 atom stereocenters. The number of hydrogen-bond donors (Lipinski definition) is 2. The molecule has 0 saturated carbocycles. The van der Waals surface area contributed by atoms with Crippen LogP contribution in [-0.2, 0) is 9.59 Å². The SMILES string of the molecule is CCOc1ccc(C)cc1C(C)NC(=O)C(=O)Nc1c(C)cccc1C. The van der Waals surface area contributed by atoms with Crippen LogP contribution < -0.4 is 15.4 Å². The minimum absolute atomic E-state index is 0.354. The molecule has 0 aliphatic heterocycles. The van der Waals surface area contributed by atoms with Gasteiger partial charge in [-0.25, -0.2) is 0 Å². The number of anilines is 1. The lowest BCUT2D eigenvalue weighted by molar-refractivity contribution is -0.136. The number of nitrogens with one attached hydrogen (secondary N) is 2. The van der Waals surface area contributed by atoms with E-state index in [0.717, 1.165) is 22.3 Å². The highest BCUT2D eigenvalue weighted by atomic mass is 16.5. The summed E-state index contributed by atoms with van der Waals surface area (Å²) in [5, 5.41) is 5.45. The van der Waals surface area contributed by atoms with Gasteiger partial charge in [0.1, 0.15) is 5.75 Å². The van der Waals surface area contributed by atoms with Crippen LogP contribution in [0.1, 0.15) is 42.1 Å². The maximum absolute atomic E-state index is 12.3. The van der Waals surface area contributed by atoms with Gasteiger partial charge < -0.3 is 15.4 Å². The Bertz CT molecular complexity index is 795. The Labute approximate surface area is 154 Å². The molecule has 138 valence electrons. The fourth-order valence-electron chi connectivity index (χ4n) is 2.82. The van der Waals surface area contributed by atoms with E-state index in [4.69, 9.17) is 4.74 Å². The first-order chi connectivity index (χ1) is 12.3. The Morgan fingerprint density at radius 1 is 1.04 bits per heavy atom. The zero-order valence-electron chi connectivity index (χ0n) is 16.0. The molecule has 0 fully saturated rings. The van der Waals surface area contributed by atoms with E-state index >= 15 is 0 Å². The van der Waals surface area contributed by atoms with E-state index < -0.39 is 11.8 Å². The van der Waals surface area contributed by atoms with Crippen LogP contribution in [-0.4, -0.2) is 18.4 Å². The van der Waals surface area contributed by atoms with Gasteiger partial charge in [0.2, 0.25) is 0 Å². The minimum Gasteiger partial charge on any atom is -0.494 e. The van der Waals surface area contributed by atoms with E-state index in [9.17, 15) is 9.59 Å². The highest BCUT2D eigenvalue weighted by molar-refractivity contribution is 6.39. The second-order valence-electron chi connectivity index (χ2n) is 6.39. The van der Waals surface area contributed by atoms with Crippen LogP contribution in [0, 0.1) is 20.8 Å². The van der Waals surface area contributed by atoms with Crippen molar-refractivity contribution in [1.82, 2.24) is 5.32 Å². The molecule has 0 aliphatic carbocycles. The smallest absolute Gasteiger partial charge is 0.313 e. The monoisotopic (exact) mass is 354 g/mol. The fraction of sp³-hybridized carbons (Fsp3) is 0.333. The number of benzene rings is 2. The van der Waals surface area contributed by atoms with Gasteiger partial charge in [0.25, 0.3) is 0 Å². The largest absolute Gasteiger partial charge is 0.494 e. The molecule has 1 unspecified atom stereocenters. The van der Waals surface area contributed by atoms with Crippen molar-refractivity contribution in [3.8, 4) is 5.75 Å². The number of ether oxygens (including phenoxy) is 1. The molecule has 26 heavy (non-hydrogen) atoms. The summed E-state index contributed by atoms with van der Waals surface area (Å²) in [6.45, 7) is 10.0. The van der Waals surface area contributed by atoms with Gasteiger partial charge in [-0.05, 0) is 51.8 Å². The van der Waals surface area contributed by atoms with Crippen LogP contribution in [0.15, 0.2) is 36.4 Å². The van der Waals surface area contributed by atoms with Crippen molar-refractivity contribution in [3.05, 3.63) is 58.7 Å². The van der Waals surface area contributed by atoms with Crippen molar-refractivity contribution in [1.29, 1.82) is 0 Å². The molecule has 0 spiro atoms. The van der Waals surface area contributed by atoms with E-state index in [1.165, 1.54) is 0 Å². The molecule has 5 nitrogen and oxygen atoms in total. The standard InChI is InChI=1S/C21H26N2O3/c1-6-26-18-11-10-13(2)12-17(18)16(5)22-20(24)21(25)23-19-14(3)8-7-9-15(19)4/h7-12,16H,6H2,1-5H3,(H,22,24)(H,23,25). The predicted molar refractivity (Wildman–Crippen MR) is 103 cm³/mol. The number of carbonyl (C=O) groups excluding carboxylic acids is 2. The van der Waals surface area contributed by atoms with E-state index in [1.807, 2.05) is 71.0 Å². The molecule has 0 heterocycles. The van der Waals surface area contributed by atoms with Crippen LogP contribution in [0.3, 0.4) is 0 Å². The second kappa shape index (κ2) is 8.52. The lowest BCUT2D eigenvalue weighted by Crippen LogP contribution is -2.37. The quantitative estimate of drug-likeness (QED) is 0.802.